The molecule has 0 saturated carbocycles. The van der Waals surface area contributed by atoms with E-state index in [2.05, 4.69) is 20.7 Å². The van der Waals surface area contributed by atoms with Gasteiger partial charge in [0.2, 0.25) is 0 Å². The van der Waals surface area contributed by atoms with Crippen LogP contribution in [0.3, 0.4) is 0 Å². The van der Waals surface area contributed by atoms with E-state index in [1.807, 2.05) is 38.5 Å². The van der Waals surface area contributed by atoms with E-state index in [0.717, 1.165) is 11.1 Å². The zero-order valence-electron chi connectivity index (χ0n) is 13.2. The average molecular weight is 468 g/mol. The quantitative estimate of drug-likeness (QED) is 0.408. The monoisotopic (exact) mass is 467 g/mol. The Morgan fingerprint density at radius 3 is 2.70 bits per heavy atom. The summed E-state index contributed by atoms with van der Waals surface area (Å²) >= 11 is 12.2. The van der Waals surface area contributed by atoms with Gasteiger partial charge in [-0.25, -0.2) is 0 Å². The van der Waals surface area contributed by atoms with Crippen molar-refractivity contribution in [3.05, 3.63) is 51.8 Å². The Morgan fingerprint density at radius 1 is 1.39 bits per heavy atom. The SMILES string of the molecule is CN=C(NCc1cnn(C)c1)NC(C)c1ccc(Cl)cc1Cl.I. The molecule has 0 saturated heterocycles. The van der Waals surface area contributed by atoms with Crippen molar-refractivity contribution in [1.29, 1.82) is 0 Å². The van der Waals surface area contributed by atoms with Gasteiger partial charge in [0.15, 0.2) is 5.96 Å². The van der Waals surface area contributed by atoms with E-state index in [4.69, 9.17) is 23.2 Å². The molecule has 0 radical (unpaired) electrons. The standard InChI is InChI=1S/C15H19Cl2N5.HI/c1-10(13-5-4-12(16)6-14(13)17)21-15(18-2)19-7-11-8-20-22(3)9-11;/h4-6,8-10H,7H2,1-3H3,(H2,18,19,21);1H. The molecule has 2 aromatic rings. The summed E-state index contributed by atoms with van der Waals surface area (Å²) in [5.74, 6) is 0.697. The predicted molar refractivity (Wildman–Crippen MR) is 107 cm³/mol. The van der Waals surface area contributed by atoms with Gasteiger partial charge in [0, 0.05) is 42.4 Å². The van der Waals surface area contributed by atoms with Gasteiger partial charge in [-0.05, 0) is 24.6 Å². The molecule has 126 valence electrons. The molecular weight excluding hydrogens is 448 g/mol. The minimum absolute atomic E-state index is 0. The highest BCUT2D eigenvalue weighted by Gasteiger charge is 2.11. The van der Waals surface area contributed by atoms with Crippen LogP contribution in [0.2, 0.25) is 10.0 Å². The van der Waals surface area contributed by atoms with Crippen LogP contribution in [0.4, 0.5) is 0 Å². The molecule has 8 heteroatoms. The third kappa shape index (κ3) is 5.86. The lowest BCUT2D eigenvalue weighted by molar-refractivity contribution is 0.685. The lowest BCUT2D eigenvalue weighted by Gasteiger charge is -2.19. The number of benzene rings is 1. The summed E-state index contributed by atoms with van der Waals surface area (Å²) in [5.41, 5.74) is 2.05. The molecule has 1 aromatic carbocycles. The fourth-order valence-electron chi connectivity index (χ4n) is 2.08. The summed E-state index contributed by atoms with van der Waals surface area (Å²) in [6.07, 6.45) is 3.78. The minimum Gasteiger partial charge on any atom is -0.352 e. The molecule has 0 aliphatic carbocycles. The normalized spacial score (nSPS) is 12.5. The molecular formula is C15H20Cl2IN5. The second-order valence-corrected chi connectivity index (χ2v) is 5.82. The molecule has 1 aromatic heterocycles. The number of nitrogens with zero attached hydrogens (tertiary/aromatic N) is 3. The topological polar surface area (TPSA) is 54.2 Å². The number of hydrogen-bond donors (Lipinski definition) is 2. The van der Waals surface area contributed by atoms with E-state index in [1.165, 1.54) is 0 Å². The molecule has 0 aliphatic heterocycles. The molecule has 2 N–H and O–H groups in total. The van der Waals surface area contributed by atoms with Gasteiger partial charge >= 0.3 is 0 Å². The number of halogens is 3. The van der Waals surface area contributed by atoms with Gasteiger partial charge in [-0.15, -0.1) is 24.0 Å². The molecule has 0 aliphatic rings. The number of rotatable bonds is 4. The fourth-order valence-corrected chi connectivity index (χ4v) is 2.65. The largest absolute Gasteiger partial charge is 0.352 e. The van der Waals surface area contributed by atoms with Crippen LogP contribution >= 0.6 is 47.2 Å². The summed E-state index contributed by atoms with van der Waals surface area (Å²) in [5, 5.41) is 11.9. The van der Waals surface area contributed by atoms with Crippen molar-refractivity contribution >= 4 is 53.1 Å². The van der Waals surface area contributed by atoms with Crippen LogP contribution in [0.25, 0.3) is 0 Å². The zero-order valence-corrected chi connectivity index (χ0v) is 17.0. The Hall–Kier alpha value is -0.990. The molecule has 23 heavy (non-hydrogen) atoms. The van der Waals surface area contributed by atoms with Gasteiger partial charge in [-0.1, -0.05) is 29.3 Å². The first-order valence-electron chi connectivity index (χ1n) is 6.89. The van der Waals surface area contributed by atoms with Crippen molar-refractivity contribution in [3.8, 4) is 0 Å². The first-order valence-corrected chi connectivity index (χ1v) is 7.65. The van der Waals surface area contributed by atoms with Crippen molar-refractivity contribution in [2.45, 2.75) is 19.5 Å². The second kappa shape index (κ2) is 9.34. The van der Waals surface area contributed by atoms with E-state index in [1.54, 1.807) is 17.8 Å². The van der Waals surface area contributed by atoms with Crippen molar-refractivity contribution in [3.63, 3.8) is 0 Å². The number of aromatic nitrogens is 2. The van der Waals surface area contributed by atoms with Crippen molar-refractivity contribution in [2.24, 2.45) is 12.0 Å². The summed E-state index contributed by atoms with van der Waals surface area (Å²) < 4.78 is 1.77. The maximum Gasteiger partial charge on any atom is 0.191 e. The van der Waals surface area contributed by atoms with E-state index >= 15 is 0 Å². The molecule has 2 rings (SSSR count). The van der Waals surface area contributed by atoms with Crippen LogP contribution in [0.15, 0.2) is 35.6 Å². The molecule has 0 bridgehead atoms. The van der Waals surface area contributed by atoms with Gasteiger partial charge in [0.05, 0.1) is 12.2 Å². The Morgan fingerprint density at radius 2 is 2.13 bits per heavy atom. The lowest BCUT2D eigenvalue weighted by atomic mass is 10.1. The number of aryl methyl sites for hydroxylation is 1. The molecule has 0 spiro atoms. The summed E-state index contributed by atoms with van der Waals surface area (Å²) in [6, 6.07) is 5.48. The van der Waals surface area contributed by atoms with Crippen LogP contribution in [0.5, 0.6) is 0 Å². The lowest BCUT2D eigenvalue weighted by Crippen LogP contribution is -2.38. The number of guanidine groups is 1. The van der Waals surface area contributed by atoms with E-state index in [-0.39, 0.29) is 30.0 Å². The maximum absolute atomic E-state index is 6.23. The Bertz CT molecular complexity index is 672. The molecule has 1 atom stereocenters. The van der Waals surface area contributed by atoms with Crippen LogP contribution in [0.1, 0.15) is 24.1 Å². The van der Waals surface area contributed by atoms with Crippen LogP contribution in [-0.2, 0) is 13.6 Å². The molecule has 1 unspecified atom stereocenters. The summed E-state index contributed by atoms with van der Waals surface area (Å²) in [4.78, 5) is 4.22. The number of hydrogen-bond acceptors (Lipinski definition) is 2. The summed E-state index contributed by atoms with van der Waals surface area (Å²) in [6.45, 7) is 2.67. The smallest absolute Gasteiger partial charge is 0.191 e. The predicted octanol–water partition coefficient (Wildman–Crippen LogP) is 3.77. The first-order chi connectivity index (χ1) is 10.5. The van der Waals surface area contributed by atoms with E-state index < -0.39 is 0 Å². The second-order valence-electron chi connectivity index (χ2n) is 4.98. The maximum atomic E-state index is 6.23. The van der Waals surface area contributed by atoms with Crippen molar-refractivity contribution in [1.82, 2.24) is 20.4 Å². The van der Waals surface area contributed by atoms with Gasteiger partial charge in [-0.2, -0.15) is 5.10 Å². The van der Waals surface area contributed by atoms with Gasteiger partial charge in [-0.3, -0.25) is 9.67 Å². The van der Waals surface area contributed by atoms with Gasteiger partial charge < -0.3 is 10.6 Å². The highest BCUT2D eigenvalue weighted by atomic mass is 127. The van der Waals surface area contributed by atoms with Crippen molar-refractivity contribution in [2.75, 3.05) is 7.05 Å². The number of nitrogens with one attached hydrogen (secondary N) is 2. The molecule has 1 heterocycles. The fraction of sp³-hybridized carbons (Fsp3) is 0.333. The molecule has 0 amide bonds. The highest BCUT2D eigenvalue weighted by molar-refractivity contribution is 14.0. The minimum atomic E-state index is 0. The van der Waals surface area contributed by atoms with E-state index in [0.29, 0.717) is 22.5 Å². The third-order valence-electron chi connectivity index (χ3n) is 3.22. The highest BCUT2D eigenvalue weighted by Crippen LogP contribution is 2.25. The third-order valence-corrected chi connectivity index (χ3v) is 3.79. The van der Waals surface area contributed by atoms with Gasteiger partial charge in [0.25, 0.3) is 0 Å². The Labute approximate surface area is 163 Å². The van der Waals surface area contributed by atoms with Crippen LogP contribution in [-0.4, -0.2) is 22.8 Å². The first kappa shape index (κ1) is 20.1. The van der Waals surface area contributed by atoms with Gasteiger partial charge in [0.1, 0.15) is 0 Å². The zero-order chi connectivity index (χ0) is 16.1. The van der Waals surface area contributed by atoms with E-state index in [9.17, 15) is 0 Å². The van der Waals surface area contributed by atoms with Crippen LogP contribution < -0.4 is 10.6 Å². The molecule has 5 nitrogen and oxygen atoms in total. The van der Waals surface area contributed by atoms with Crippen molar-refractivity contribution < 1.29 is 0 Å². The average Bonchev–Trinajstić information content (AvgIpc) is 2.88. The summed E-state index contributed by atoms with van der Waals surface area (Å²) in [7, 11) is 3.62. The Balaban J connectivity index is 0.00000264. The number of aliphatic imine (C=N–C) groups is 1. The van der Waals surface area contributed by atoms with Crippen LogP contribution in [0, 0.1) is 0 Å². The molecule has 0 fully saturated rings. The Kier molecular flexibility index (Phi) is 8.15.